The van der Waals surface area contributed by atoms with E-state index in [0.717, 1.165) is 16.9 Å². The van der Waals surface area contributed by atoms with Gasteiger partial charge in [0.05, 0.1) is 16.8 Å². The molecule has 2 heterocycles. The molecule has 0 aliphatic carbocycles. The number of nitrogens with one attached hydrogen (secondary N) is 1. The third-order valence-electron chi connectivity index (χ3n) is 3.10. The Morgan fingerprint density at radius 3 is 2.95 bits per heavy atom. The molecular formula is C14H12BrNO3. The lowest BCUT2D eigenvalue weighted by Gasteiger charge is -2.19. The van der Waals surface area contributed by atoms with E-state index in [9.17, 15) is 4.79 Å². The van der Waals surface area contributed by atoms with Gasteiger partial charge in [-0.3, -0.25) is 4.79 Å². The molecule has 1 atom stereocenters. The molecule has 1 N–H and O–H groups in total. The number of carbonyl (C=O) groups excluding carboxylic acids is 1. The lowest BCUT2D eigenvalue weighted by molar-refractivity contribution is -0.118. The first-order chi connectivity index (χ1) is 9.15. The van der Waals surface area contributed by atoms with E-state index in [-0.39, 0.29) is 17.3 Å². The maximum atomic E-state index is 11.3. The van der Waals surface area contributed by atoms with Crippen LogP contribution >= 0.6 is 15.9 Å². The quantitative estimate of drug-likeness (QED) is 0.862. The van der Waals surface area contributed by atoms with Gasteiger partial charge < -0.3 is 14.5 Å². The fraction of sp³-hybridized carbons (Fsp3) is 0.214. The molecule has 1 aliphatic heterocycles. The summed E-state index contributed by atoms with van der Waals surface area (Å²) in [5.74, 6) is 1.45. The molecule has 1 amide bonds. The zero-order chi connectivity index (χ0) is 13.4. The van der Waals surface area contributed by atoms with Crippen molar-refractivity contribution in [1.29, 1.82) is 0 Å². The molecule has 1 unspecified atom stereocenters. The van der Waals surface area contributed by atoms with Crippen LogP contribution in [-0.4, -0.2) is 12.5 Å². The SMILES string of the molecule is Cc1occc1C(Br)c1ccc2c(c1)NC(=O)CO2. The molecule has 0 saturated heterocycles. The molecule has 1 aliphatic rings. The summed E-state index contributed by atoms with van der Waals surface area (Å²) in [6.07, 6.45) is 1.67. The normalized spacial score (nSPS) is 15.4. The Morgan fingerprint density at radius 2 is 2.21 bits per heavy atom. The van der Waals surface area contributed by atoms with Crippen LogP contribution in [0.1, 0.15) is 21.7 Å². The van der Waals surface area contributed by atoms with Gasteiger partial charge in [0.2, 0.25) is 0 Å². The average Bonchev–Trinajstić information content (AvgIpc) is 2.83. The van der Waals surface area contributed by atoms with Crippen LogP contribution in [0.3, 0.4) is 0 Å². The number of ether oxygens (including phenoxy) is 1. The molecule has 98 valence electrons. The molecule has 1 aromatic carbocycles. The number of aryl methyl sites for hydroxylation is 1. The second kappa shape index (κ2) is 4.74. The van der Waals surface area contributed by atoms with Crippen molar-refractivity contribution in [3.8, 4) is 5.75 Å². The van der Waals surface area contributed by atoms with Crippen LogP contribution in [0.4, 0.5) is 5.69 Å². The number of benzene rings is 1. The molecule has 19 heavy (non-hydrogen) atoms. The van der Waals surface area contributed by atoms with Crippen LogP contribution in [0.15, 0.2) is 34.9 Å². The smallest absolute Gasteiger partial charge is 0.262 e. The number of anilines is 1. The summed E-state index contributed by atoms with van der Waals surface area (Å²) in [6.45, 7) is 2.00. The number of carbonyl (C=O) groups is 1. The van der Waals surface area contributed by atoms with Gasteiger partial charge in [-0.15, -0.1) is 0 Å². The molecule has 3 rings (SSSR count). The van der Waals surface area contributed by atoms with Crippen LogP contribution in [0.5, 0.6) is 5.75 Å². The monoisotopic (exact) mass is 321 g/mol. The van der Waals surface area contributed by atoms with E-state index in [2.05, 4.69) is 21.2 Å². The maximum absolute atomic E-state index is 11.3. The third-order valence-corrected chi connectivity index (χ3v) is 4.12. The number of rotatable bonds is 2. The van der Waals surface area contributed by atoms with Gasteiger partial charge in [0.1, 0.15) is 11.5 Å². The Morgan fingerprint density at radius 1 is 1.37 bits per heavy atom. The van der Waals surface area contributed by atoms with E-state index >= 15 is 0 Å². The van der Waals surface area contributed by atoms with E-state index in [4.69, 9.17) is 9.15 Å². The molecule has 0 radical (unpaired) electrons. The van der Waals surface area contributed by atoms with Crippen molar-refractivity contribution in [2.24, 2.45) is 0 Å². The molecular weight excluding hydrogens is 310 g/mol. The zero-order valence-electron chi connectivity index (χ0n) is 10.3. The van der Waals surface area contributed by atoms with E-state index in [1.807, 2.05) is 31.2 Å². The Bertz CT molecular complexity index is 635. The first kappa shape index (κ1) is 12.3. The van der Waals surface area contributed by atoms with Gasteiger partial charge >= 0.3 is 0 Å². The number of alkyl halides is 1. The van der Waals surface area contributed by atoms with Gasteiger partial charge in [-0.25, -0.2) is 0 Å². The minimum absolute atomic E-state index is 0.0235. The average molecular weight is 322 g/mol. The Kier molecular flexibility index (Phi) is 3.06. The molecule has 0 spiro atoms. The second-order valence-corrected chi connectivity index (χ2v) is 5.30. The zero-order valence-corrected chi connectivity index (χ0v) is 11.9. The molecule has 1 aromatic heterocycles. The highest BCUT2D eigenvalue weighted by molar-refractivity contribution is 9.09. The fourth-order valence-electron chi connectivity index (χ4n) is 2.10. The highest BCUT2D eigenvalue weighted by atomic mass is 79.9. The van der Waals surface area contributed by atoms with Crippen molar-refractivity contribution in [1.82, 2.24) is 0 Å². The van der Waals surface area contributed by atoms with E-state index in [0.29, 0.717) is 11.4 Å². The minimum Gasteiger partial charge on any atom is -0.482 e. The third kappa shape index (κ3) is 2.26. The number of furan rings is 1. The minimum atomic E-state index is -0.129. The number of amides is 1. The number of hydrogen-bond acceptors (Lipinski definition) is 3. The topological polar surface area (TPSA) is 51.5 Å². The van der Waals surface area contributed by atoms with Gasteiger partial charge in [0, 0.05) is 5.56 Å². The number of halogens is 1. The number of fused-ring (bicyclic) bond motifs is 1. The van der Waals surface area contributed by atoms with E-state index in [1.165, 1.54) is 0 Å². The summed E-state index contributed by atoms with van der Waals surface area (Å²) in [4.78, 5) is 11.4. The Balaban J connectivity index is 1.96. The Labute approximate surface area is 118 Å². The van der Waals surface area contributed by atoms with Gasteiger partial charge in [0.15, 0.2) is 6.61 Å². The van der Waals surface area contributed by atoms with Crippen LogP contribution in [-0.2, 0) is 4.79 Å². The van der Waals surface area contributed by atoms with Crippen molar-refractivity contribution in [3.63, 3.8) is 0 Å². The van der Waals surface area contributed by atoms with Crippen molar-refractivity contribution in [3.05, 3.63) is 47.4 Å². The highest BCUT2D eigenvalue weighted by Gasteiger charge is 2.20. The molecule has 5 heteroatoms. The van der Waals surface area contributed by atoms with Crippen molar-refractivity contribution in [2.45, 2.75) is 11.8 Å². The summed E-state index contributed by atoms with van der Waals surface area (Å²) in [7, 11) is 0. The molecule has 4 nitrogen and oxygen atoms in total. The molecule has 0 saturated carbocycles. The molecule has 2 aromatic rings. The summed E-state index contributed by atoms with van der Waals surface area (Å²) in [6, 6.07) is 7.69. The Hall–Kier alpha value is -1.75. The lowest BCUT2D eigenvalue weighted by Crippen LogP contribution is -2.25. The van der Waals surface area contributed by atoms with Crippen LogP contribution in [0.25, 0.3) is 0 Å². The van der Waals surface area contributed by atoms with Gasteiger partial charge in [-0.05, 0) is 30.7 Å². The van der Waals surface area contributed by atoms with Crippen LogP contribution in [0.2, 0.25) is 0 Å². The first-order valence-corrected chi connectivity index (χ1v) is 6.81. The fourth-order valence-corrected chi connectivity index (χ4v) is 2.86. The summed E-state index contributed by atoms with van der Waals surface area (Å²) in [5.41, 5.74) is 2.82. The largest absolute Gasteiger partial charge is 0.482 e. The van der Waals surface area contributed by atoms with Crippen LogP contribution < -0.4 is 10.1 Å². The first-order valence-electron chi connectivity index (χ1n) is 5.90. The maximum Gasteiger partial charge on any atom is 0.262 e. The van der Waals surface area contributed by atoms with Gasteiger partial charge in [-0.2, -0.15) is 0 Å². The predicted octanol–water partition coefficient (Wildman–Crippen LogP) is 3.40. The van der Waals surface area contributed by atoms with E-state index in [1.54, 1.807) is 6.26 Å². The standard InChI is InChI=1S/C14H12BrNO3/c1-8-10(4-5-18-8)14(15)9-2-3-12-11(6-9)16-13(17)7-19-12/h2-6,14H,7H2,1H3,(H,16,17). The highest BCUT2D eigenvalue weighted by Crippen LogP contribution is 2.37. The van der Waals surface area contributed by atoms with Crippen LogP contribution in [0, 0.1) is 6.92 Å². The molecule has 0 fully saturated rings. The number of hydrogen-bond donors (Lipinski definition) is 1. The van der Waals surface area contributed by atoms with Crippen molar-refractivity contribution in [2.75, 3.05) is 11.9 Å². The molecule has 0 bridgehead atoms. The van der Waals surface area contributed by atoms with Crippen molar-refractivity contribution < 1.29 is 13.9 Å². The van der Waals surface area contributed by atoms with E-state index < -0.39 is 0 Å². The van der Waals surface area contributed by atoms with Gasteiger partial charge in [0.25, 0.3) is 5.91 Å². The summed E-state index contributed by atoms with van der Waals surface area (Å²) >= 11 is 3.65. The van der Waals surface area contributed by atoms with Crippen molar-refractivity contribution >= 4 is 27.5 Å². The van der Waals surface area contributed by atoms with Gasteiger partial charge in [-0.1, -0.05) is 22.0 Å². The second-order valence-electron chi connectivity index (χ2n) is 4.39. The summed E-state index contributed by atoms with van der Waals surface area (Å²) < 4.78 is 10.7. The predicted molar refractivity (Wildman–Crippen MR) is 74.8 cm³/mol. The summed E-state index contributed by atoms with van der Waals surface area (Å²) in [5, 5.41) is 2.81. The lowest BCUT2D eigenvalue weighted by atomic mass is 10.0.